The van der Waals surface area contributed by atoms with Crippen LogP contribution in [0.4, 0.5) is 0 Å². The Bertz CT molecular complexity index is 704. The molecule has 3 rings (SSSR count). The molecule has 0 radical (unpaired) electrons. The summed E-state index contributed by atoms with van der Waals surface area (Å²) in [5.41, 5.74) is 1.31. The van der Waals surface area contributed by atoms with Crippen LogP contribution in [0.5, 0.6) is 0 Å². The molecule has 0 spiro atoms. The molecule has 1 unspecified atom stereocenters. The summed E-state index contributed by atoms with van der Waals surface area (Å²) in [6.45, 7) is 7.57. The zero-order valence-electron chi connectivity index (χ0n) is 14.9. The number of nitriles is 1. The molecular formula is C18H23N3O4S. The molecule has 8 heteroatoms. The van der Waals surface area contributed by atoms with Crippen LogP contribution < -0.4 is 10.6 Å². The summed E-state index contributed by atoms with van der Waals surface area (Å²) in [4.78, 5) is 12.2. The second-order valence-corrected chi connectivity index (χ2v) is 6.02. The fourth-order valence-electron chi connectivity index (χ4n) is 2.66. The SMILES string of the molecule is C1COCCN1.CCOC(=O)C1=C(C)NC(S)=C(C#N)C1c1ccco1. The van der Waals surface area contributed by atoms with Crippen molar-refractivity contribution in [3.8, 4) is 6.07 Å². The third kappa shape index (κ3) is 4.91. The van der Waals surface area contributed by atoms with E-state index in [4.69, 9.17) is 13.9 Å². The molecule has 0 aromatic carbocycles. The maximum absolute atomic E-state index is 12.2. The fraction of sp³-hybridized carbons (Fsp3) is 0.444. The van der Waals surface area contributed by atoms with Gasteiger partial charge in [-0.15, -0.1) is 12.6 Å². The standard InChI is InChI=1S/C14H14N2O3S.C4H9NO/c1-3-18-14(17)11-8(2)16-13(20)9(7-15)12(11)10-5-4-6-19-10;1-3-6-4-2-5-1/h4-6,12,16,20H,3H2,1-2H3;5H,1-4H2. The van der Waals surface area contributed by atoms with Crippen LogP contribution in [-0.4, -0.2) is 38.9 Å². The third-order valence-electron chi connectivity index (χ3n) is 3.83. The average molecular weight is 377 g/mol. The number of allylic oxidation sites excluding steroid dienone is 2. The van der Waals surface area contributed by atoms with E-state index in [1.165, 1.54) is 6.26 Å². The van der Waals surface area contributed by atoms with Gasteiger partial charge in [0.25, 0.3) is 0 Å². The number of hydrogen-bond donors (Lipinski definition) is 3. The van der Waals surface area contributed by atoms with E-state index in [2.05, 4.69) is 29.3 Å². The number of furan rings is 1. The maximum atomic E-state index is 12.2. The molecule has 2 aliphatic rings. The van der Waals surface area contributed by atoms with Gasteiger partial charge in [-0.3, -0.25) is 0 Å². The van der Waals surface area contributed by atoms with Gasteiger partial charge in [0.15, 0.2) is 0 Å². The predicted octanol–water partition coefficient (Wildman–Crippen LogP) is 2.07. The molecule has 1 aromatic heterocycles. The molecule has 0 amide bonds. The minimum atomic E-state index is -0.595. The van der Waals surface area contributed by atoms with Crippen molar-refractivity contribution in [3.05, 3.63) is 46.0 Å². The minimum Gasteiger partial charge on any atom is -0.468 e. The van der Waals surface area contributed by atoms with Crippen molar-refractivity contribution < 1.29 is 18.7 Å². The second kappa shape index (κ2) is 10.1. The molecule has 2 N–H and O–H groups in total. The van der Waals surface area contributed by atoms with E-state index in [1.807, 2.05) is 0 Å². The molecule has 7 nitrogen and oxygen atoms in total. The van der Waals surface area contributed by atoms with Crippen molar-refractivity contribution in [2.75, 3.05) is 32.9 Å². The normalized spacial score (nSPS) is 19.8. The lowest BCUT2D eigenvalue weighted by Crippen LogP contribution is -2.30. The van der Waals surface area contributed by atoms with Crippen molar-refractivity contribution >= 4 is 18.6 Å². The van der Waals surface area contributed by atoms with Gasteiger partial charge in [0.05, 0.1) is 54.2 Å². The van der Waals surface area contributed by atoms with Crippen LogP contribution >= 0.6 is 12.6 Å². The van der Waals surface area contributed by atoms with Gasteiger partial charge in [0.1, 0.15) is 5.76 Å². The summed E-state index contributed by atoms with van der Waals surface area (Å²) in [6, 6.07) is 5.51. The number of dihydropyridines is 1. The average Bonchev–Trinajstić information content (AvgIpc) is 3.17. The van der Waals surface area contributed by atoms with Gasteiger partial charge < -0.3 is 24.5 Å². The van der Waals surface area contributed by atoms with E-state index in [9.17, 15) is 10.1 Å². The molecule has 1 atom stereocenters. The van der Waals surface area contributed by atoms with Crippen molar-refractivity contribution in [1.29, 1.82) is 5.26 Å². The molecule has 1 fully saturated rings. The molecule has 140 valence electrons. The number of morpholine rings is 1. The number of nitrogens with one attached hydrogen (secondary N) is 2. The van der Waals surface area contributed by atoms with E-state index >= 15 is 0 Å². The number of hydrogen-bond acceptors (Lipinski definition) is 8. The van der Waals surface area contributed by atoms with E-state index in [-0.39, 0.29) is 6.61 Å². The van der Waals surface area contributed by atoms with Gasteiger partial charge >= 0.3 is 5.97 Å². The van der Waals surface area contributed by atoms with Gasteiger partial charge in [0, 0.05) is 18.8 Å². The summed E-state index contributed by atoms with van der Waals surface area (Å²) < 4.78 is 15.5. The number of thiol groups is 1. The first-order chi connectivity index (χ1) is 12.6. The Morgan fingerprint density at radius 2 is 2.19 bits per heavy atom. The highest BCUT2D eigenvalue weighted by atomic mass is 32.1. The summed E-state index contributed by atoms with van der Waals surface area (Å²) in [5, 5.41) is 15.8. The lowest BCUT2D eigenvalue weighted by molar-refractivity contribution is -0.138. The van der Waals surface area contributed by atoms with Crippen molar-refractivity contribution in [2.24, 2.45) is 0 Å². The molecule has 2 aliphatic heterocycles. The molecule has 0 bridgehead atoms. The van der Waals surface area contributed by atoms with Gasteiger partial charge in [-0.05, 0) is 26.0 Å². The molecule has 1 aromatic rings. The first-order valence-electron chi connectivity index (χ1n) is 8.40. The van der Waals surface area contributed by atoms with Crippen molar-refractivity contribution in [2.45, 2.75) is 19.8 Å². The summed E-state index contributed by atoms with van der Waals surface area (Å²) in [6.07, 6.45) is 1.50. The zero-order valence-corrected chi connectivity index (χ0v) is 15.8. The summed E-state index contributed by atoms with van der Waals surface area (Å²) >= 11 is 4.27. The number of nitrogens with zero attached hydrogens (tertiary/aromatic N) is 1. The first kappa shape index (κ1) is 20.1. The van der Waals surface area contributed by atoms with Gasteiger partial charge in [-0.2, -0.15) is 5.26 Å². The highest BCUT2D eigenvalue weighted by molar-refractivity contribution is 7.84. The molecule has 3 heterocycles. The Morgan fingerprint density at radius 3 is 2.65 bits per heavy atom. The van der Waals surface area contributed by atoms with E-state index in [0.717, 1.165) is 26.3 Å². The maximum Gasteiger partial charge on any atom is 0.336 e. The lowest BCUT2D eigenvalue weighted by Gasteiger charge is -2.26. The van der Waals surface area contributed by atoms with Gasteiger partial charge in [0.2, 0.25) is 0 Å². The Balaban J connectivity index is 0.000000342. The van der Waals surface area contributed by atoms with Gasteiger partial charge in [-0.1, -0.05) is 0 Å². The Morgan fingerprint density at radius 1 is 1.46 bits per heavy atom. The molecule has 0 saturated carbocycles. The summed E-state index contributed by atoms with van der Waals surface area (Å²) in [5.74, 6) is -0.549. The Labute approximate surface area is 158 Å². The number of esters is 1. The van der Waals surface area contributed by atoms with E-state index in [0.29, 0.717) is 27.6 Å². The first-order valence-corrected chi connectivity index (χ1v) is 8.84. The largest absolute Gasteiger partial charge is 0.468 e. The lowest BCUT2D eigenvalue weighted by atomic mass is 9.86. The van der Waals surface area contributed by atoms with Crippen LogP contribution in [0.3, 0.4) is 0 Å². The van der Waals surface area contributed by atoms with Crippen LogP contribution in [-0.2, 0) is 14.3 Å². The van der Waals surface area contributed by atoms with E-state index in [1.54, 1.807) is 26.0 Å². The summed E-state index contributed by atoms with van der Waals surface area (Å²) in [7, 11) is 0. The van der Waals surface area contributed by atoms with Crippen LogP contribution in [0, 0.1) is 11.3 Å². The highest BCUT2D eigenvalue weighted by Crippen LogP contribution is 2.39. The monoisotopic (exact) mass is 377 g/mol. The Kier molecular flexibility index (Phi) is 7.78. The van der Waals surface area contributed by atoms with Crippen molar-refractivity contribution in [1.82, 2.24) is 10.6 Å². The topological polar surface area (TPSA) is 96.5 Å². The van der Waals surface area contributed by atoms with Crippen LogP contribution in [0.1, 0.15) is 25.5 Å². The van der Waals surface area contributed by atoms with Crippen molar-refractivity contribution in [3.63, 3.8) is 0 Å². The smallest absolute Gasteiger partial charge is 0.336 e. The van der Waals surface area contributed by atoms with E-state index < -0.39 is 11.9 Å². The predicted molar refractivity (Wildman–Crippen MR) is 99.2 cm³/mol. The molecule has 1 saturated heterocycles. The second-order valence-electron chi connectivity index (χ2n) is 5.57. The fourth-order valence-corrected chi connectivity index (χ4v) is 3.01. The third-order valence-corrected chi connectivity index (χ3v) is 4.18. The molecule has 26 heavy (non-hydrogen) atoms. The highest BCUT2D eigenvalue weighted by Gasteiger charge is 2.36. The number of carbonyl (C=O) groups excluding carboxylic acids is 1. The van der Waals surface area contributed by atoms with Crippen LogP contribution in [0.2, 0.25) is 0 Å². The number of ether oxygens (including phenoxy) is 2. The molecule has 0 aliphatic carbocycles. The molecular weight excluding hydrogens is 354 g/mol. The quantitative estimate of drug-likeness (QED) is 0.548. The van der Waals surface area contributed by atoms with Gasteiger partial charge in [-0.25, -0.2) is 4.79 Å². The Hall–Kier alpha value is -2.21. The van der Waals surface area contributed by atoms with Crippen LogP contribution in [0.15, 0.2) is 44.7 Å². The zero-order chi connectivity index (χ0) is 18.9. The number of rotatable bonds is 3. The number of carbonyl (C=O) groups is 1. The minimum absolute atomic E-state index is 0.264. The van der Waals surface area contributed by atoms with Crippen LogP contribution in [0.25, 0.3) is 0 Å².